The van der Waals surface area contributed by atoms with E-state index in [1.165, 1.54) is 6.20 Å². The van der Waals surface area contributed by atoms with Crippen molar-refractivity contribution < 1.29 is 0 Å². The lowest BCUT2D eigenvalue weighted by molar-refractivity contribution is 1.42. The van der Waals surface area contributed by atoms with E-state index in [1.54, 1.807) is 6.20 Å². The SMILES string of the molecule is NC(N)=NC=CNc1ccccc1. The van der Waals surface area contributed by atoms with E-state index in [4.69, 9.17) is 11.5 Å². The lowest BCUT2D eigenvalue weighted by Crippen LogP contribution is -2.21. The number of guanidine groups is 1. The molecule has 13 heavy (non-hydrogen) atoms. The molecule has 0 fully saturated rings. The van der Waals surface area contributed by atoms with Crippen LogP contribution in [0.15, 0.2) is 47.7 Å². The summed E-state index contributed by atoms with van der Waals surface area (Å²) in [6, 6.07) is 9.72. The van der Waals surface area contributed by atoms with Gasteiger partial charge in [0, 0.05) is 18.1 Å². The van der Waals surface area contributed by atoms with E-state index in [9.17, 15) is 0 Å². The third kappa shape index (κ3) is 3.81. The van der Waals surface area contributed by atoms with Crippen LogP contribution in [0.25, 0.3) is 0 Å². The van der Waals surface area contributed by atoms with E-state index in [1.807, 2.05) is 30.3 Å². The maximum absolute atomic E-state index is 5.12. The van der Waals surface area contributed by atoms with Gasteiger partial charge in [0.2, 0.25) is 0 Å². The average molecular weight is 176 g/mol. The van der Waals surface area contributed by atoms with Gasteiger partial charge in [0.05, 0.1) is 0 Å². The van der Waals surface area contributed by atoms with Crippen molar-refractivity contribution in [1.29, 1.82) is 0 Å². The summed E-state index contributed by atoms with van der Waals surface area (Å²) in [5.74, 6) is 0.0473. The number of para-hydroxylation sites is 1. The number of anilines is 1. The molecule has 1 rings (SSSR count). The van der Waals surface area contributed by atoms with Gasteiger partial charge in [-0.15, -0.1) is 0 Å². The summed E-state index contributed by atoms with van der Waals surface area (Å²) in [5, 5.41) is 3.00. The molecule has 0 aliphatic rings. The van der Waals surface area contributed by atoms with Crippen molar-refractivity contribution in [3.63, 3.8) is 0 Å². The molecular weight excluding hydrogens is 164 g/mol. The van der Waals surface area contributed by atoms with Gasteiger partial charge in [-0.05, 0) is 12.1 Å². The summed E-state index contributed by atoms with van der Waals surface area (Å²) in [7, 11) is 0. The van der Waals surface area contributed by atoms with Crippen LogP contribution in [-0.2, 0) is 0 Å². The second-order valence-corrected chi connectivity index (χ2v) is 2.38. The van der Waals surface area contributed by atoms with E-state index in [0.29, 0.717) is 0 Å². The molecule has 0 saturated carbocycles. The average Bonchev–Trinajstić information content (AvgIpc) is 2.14. The van der Waals surface area contributed by atoms with Crippen LogP contribution in [0.4, 0.5) is 5.69 Å². The first-order valence-corrected chi connectivity index (χ1v) is 3.84. The first-order chi connectivity index (χ1) is 6.29. The van der Waals surface area contributed by atoms with Gasteiger partial charge in [-0.3, -0.25) is 0 Å². The van der Waals surface area contributed by atoms with Crippen LogP contribution in [0.3, 0.4) is 0 Å². The molecule has 0 bridgehead atoms. The highest BCUT2D eigenvalue weighted by Gasteiger charge is 1.81. The van der Waals surface area contributed by atoms with Crippen LogP contribution in [-0.4, -0.2) is 5.96 Å². The third-order valence-electron chi connectivity index (χ3n) is 1.32. The van der Waals surface area contributed by atoms with Gasteiger partial charge < -0.3 is 16.8 Å². The third-order valence-corrected chi connectivity index (χ3v) is 1.32. The maximum atomic E-state index is 5.12. The Hall–Kier alpha value is -1.97. The molecule has 4 heteroatoms. The second kappa shape index (κ2) is 4.82. The van der Waals surface area contributed by atoms with E-state index in [0.717, 1.165) is 5.69 Å². The zero-order chi connectivity index (χ0) is 9.52. The fourth-order valence-corrected chi connectivity index (χ4v) is 0.791. The summed E-state index contributed by atoms with van der Waals surface area (Å²) >= 11 is 0. The lowest BCUT2D eigenvalue weighted by atomic mass is 10.3. The van der Waals surface area contributed by atoms with Crippen LogP contribution in [0.5, 0.6) is 0 Å². The van der Waals surface area contributed by atoms with E-state index < -0.39 is 0 Å². The largest absolute Gasteiger partial charge is 0.370 e. The number of rotatable bonds is 3. The highest BCUT2D eigenvalue weighted by molar-refractivity contribution is 5.76. The Morgan fingerprint density at radius 3 is 2.54 bits per heavy atom. The number of nitrogens with one attached hydrogen (secondary N) is 1. The standard InChI is InChI=1S/C9H12N4/c10-9(11)13-7-6-12-8-4-2-1-3-5-8/h1-7,12H,(H4,10,11,13). The predicted octanol–water partition coefficient (Wildman–Crippen LogP) is 0.843. The van der Waals surface area contributed by atoms with Crippen molar-refractivity contribution in [2.24, 2.45) is 16.5 Å². The van der Waals surface area contributed by atoms with Crippen LogP contribution >= 0.6 is 0 Å². The van der Waals surface area contributed by atoms with Crippen molar-refractivity contribution >= 4 is 11.6 Å². The first kappa shape index (κ1) is 9.12. The van der Waals surface area contributed by atoms with E-state index in [-0.39, 0.29) is 5.96 Å². The molecule has 68 valence electrons. The Morgan fingerprint density at radius 2 is 1.92 bits per heavy atom. The molecule has 0 spiro atoms. The van der Waals surface area contributed by atoms with Gasteiger partial charge in [0.25, 0.3) is 0 Å². The zero-order valence-corrected chi connectivity index (χ0v) is 7.14. The van der Waals surface area contributed by atoms with Gasteiger partial charge in [-0.2, -0.15) is 0 Å². The molecule has 0 radical (unpaired) electrons. The van der Waals surface area contributed by atoms with Crippen molar-refractivity contribution in [3.05, 3.63) is 42.7 Å². The number of hydrogen-bond donors (Lipinski definition) is 3. The van der Waals surface area contributed by atoms with Crippen molar-refractivity contribution in [1.82, 2.24) is 0 Å². The van der Waals surface area contributed by atoms with Crippen LogP contribution in [0.2, 0.25) is 0 Å². The highest BCUT2D eigenvalue weighted by Crippen LogP contribution is 2.03. The molecule has 5 N–H and O–H groups in total. The quantitative estimate of drug-likeness (QED) is 0.472. The number of hydrogen-bond acceptors (Lipinski definition) is 2. The topological polar surface area (TPSA) is 76.4 Å². The van der Waals surface area contributed by atoms with Crippen molar-refractivity contribution in [3.8, 4) is 0 Å². The monoisotopic (exact) mass is 176 g/mol. The minimum Gasteiger partial charge on any atom is -0.370 e. The molecule has 0 aliphatic heterocycles. The molecular formula is C9H12N4. The lowest BCUT2D eigenvalue weighted by Gasteiger charge is -1.97. The summed E-state index contributed by atoms with van der Waals surface area (Å²) in [6.07, 6.45) is 3.16. The molecule has 4 nitrogen and oxygen atoms in total. The molecule has 0 unspecified atom stereocenters. The van der Waals surface area contributed by atoms with Crippen LogP contribution in [0.1, 0.15) is 0 Å². The minimum atomic E-state index is 0.0473. The number of aliphatic imine (C=N–C) groups is 1. The Bertz CT molecular complexity index is 299. The molecule has 0 saturated heterocycles. The van der Waals surface area contributed by atoms with E-state index >= 15 is 0 Å². The highest BCUT2D eigenvalue weighted by atomic mass is 15.0. The molecule has 0 amide bonds. The number of benzene rings is 1. The number of nitrogens with two attached hydrogens (primary N) is 2. The minimum absolute atomic E-state index is 0.0473. The molecule has 0 atom stereocenters. The van der Waals surface area contributed by atoms with Gasteiger partial charge in [0.15, 0.2) is 5.96 Å². The maximum Gasteiger partial charge on any atom is 0.190 e. The summed E-state index contributed by atoms with van der Waals surface area (Å²) in [5.41, 5.74) is 11.2. The number of nitrogens with zero attached hydrogens (tertiary/aromatic N) is 1. The molecule has 0 heterocycles. The molecule has 1 aromatic rings. The molecule has 1 aromatic carbocycles. The second-order valence-electron chi connectivity index (χ2n) is 2.38. The van der Waals surface area contributed by atoms with Gasteiger partial charge in [-0.1, -0.05) is 18.2 Å². The Labute approximate surface area is 77.0 Å². The smallest absolute Gasteiger partial charge is 0.190 e. The summed E-state index contributed by atoms with van der Waals surface area (Å²) in [4.78, 5) is 3.67. The Balaban J connectivity index is 2.44. The van der Waals surface area contributed by atoms with Gasteiger partial charge in [0.1, 0.15) is 0 Å². The van der Waals surface area contributed by atoms with Crippen LogP contribution in [0, 0.1) is 0 Å². The Morgan fingerprint density at radius 1 is 1.23 bits per heavy atom. The summed E-state index contributed by atoms with van der Waals surface area (Å²) < 4.78 is 0. The van der Waals surface area contributed by atoms with Crippen LogP contribution < -0.4 is 16.8 Å². The fourth-order valence-electron chi connectivity index (χ4n) is 0.791. The zero-order valence-electron chi connectivity index (χ0n) is 7.14. The molecule has 0 aromatic heterocycles. The Kier molecular flexibility index (Phi) is 3.38. The van der Waals surface area contributed by atoms with Gasteiger partial charge in [-0.25, -0.2) is 4.99 Å². The fraction of sp³-hybridized carbons (Fsp3) is 0. The van der Waals surface area contributed by atoms with Crippen molar-refractivity contribution in [2.75, 3.05) is 5.32 Å². The predicted molar refractivity (Wildman–Crippen MR) is 55.0 cm³/mol. The first-order valence-electron chi connectivity index (χ1n) is 3.84. The van der Waals surface area contributed by atoms with E-state index in [2.05, 4.69) is 10.3 Å². The molecule has 0 aliphatic carbocycles. The van der Waals surface area contributed by atoms with Gasteiger partial charge >= 0.3 is 0 Å². The van der Waals surface area contributed by atoms with Crippen molar-refractivity contribution in [2.45, 2.75) is 0 Å². The summed E-state index contributed by atoms with van der Waals surface area (Å²) in [6.45, 7) is 0. The normalized spacial score (nSPS) is 9.85.